The lowest BCUT2D eigenvalue weighted by Gasteiger charge is -2.13. The van der Waals surface area contributed by atoms with Gasteiger partial charge in [-0.2, -0.15) is 0 Å². The number of fused-ring (bicyclic) bond motifs is 1. The molecule has 0 saturated carbocycles. The average Bonchev–Trinajstić information content (AvgIpc) is 2.35. The number of nitrogens with two attached hydrogens (primary N) is 1. The lowest BCUT2D eigenvalue weighted by molar-refractivity contribution is 0.606. The third kappa shape index (κ3) is 2.22. The Morgan fingerprint density at radius 3 is 2.88 bits per heavy atom. The van der Waals surface area contributed by atoms with Gasteiger partial charge < -0.3 is 5.73 Å². The number of aromatic nitrogens is 1. The highest BCUT2D eigenvalue weighted by Crippen LogP contribution is 2.23. The molecule has 0 saturated heterocycles. The molecule has 2 heteroatoms. The lowest BCUT2D eigenvalue weighted by atomic mass is 9.99. The molecule has 0 aliphatic carbocycles. The Morgan fingerprint density at radius 2 is 2.06 bits per heavy atom. The van der Waals surface area contributed by atoms with Crippen molar-refractivity contribution in [3.05, 3.63) is 42.1 Å². The Hall–Kier alpha value is -1.41. The van der Waals surface area contributed by atoms with Crippen LogP contribution >= 0.6 is 0 Å². The van der Waals surface area contributed by atoms with E-state index in [4.69, 9.17) is 5.73 Å². The quantitative estimate of drug-likeness (QED) is 0.846. The van der Waals surface area contributed by atoms with Crippen LogP contribution in [0.5, 0.6) is 0 Å². The highest BCUT2D eigenvalue weighted by molar-refractivity contribution is 5.81. The molecule has 2 aromatic rings. The molecular weight excluding hydrogens is 196 g/mol. The summed E-state index contributed by atoms with van der Waals surface area (Å²) in [5.41, 5.74) is 8.43. The zero-order valence-corrected chi connectivity index (χ0v) is 9.69. The second-order valence-electron chi connectivity index (χ2n) is 4.17. The van der Waals surface area contributed by atoms with E-state index in [1.54, 1.807) is 0 Å². The molecule has 2 rings (SSSR count). The van der Waals surface area contributed by atoms with Gasteiger partial charge in [0.25, 0.3) is 0 Å². The maximum atomic E-state index is 6.21. The van der Waals surface area contributed by atoms with Crippen LogP contribution in [0.15, 0.2) is 36.5 Å². The van der Waals surface area contributed by atoms with Crippen molar-refractivity contribution in [2.45, 2.75) is 32.2 Å². The van der Waals surface area contributed by atoms with Crippen molar-refractivity contribution in [1.82, 2.24) is 4.98 Å². The number of unbranched alkanes of at least 4 members (excludes halogenated alkanes) is 1. The molecule has 0 spiro atoms. The van der Waals surface area contributed by atoms with Crippen LogP contribution in [0.2, 0.25) is 0 Å². The van der Waals surface area contributed by atoms with Crippen LogP contribution < -0.4 is 5.73 Å². The summed E-state index contributed by atoms with van der Waals surface area (Å²) in [6, 6.07) is 10.4. The Bertz CT molecular complexity index is 460. The summed E-state index contributed by atoms with van der Waals surface area (Å²) >= 11 is 0. The molecule has 2 nitrogen and oxygen atoms in total. The zero-order chi connectivity index (χ0) is 11.4. The minimum Gasteiger partial charge on any atom is -0.324 e. The third-order valence-corrected chi connectivity index (χ3v) is 2.93. The van der Waals surface area contributed by atoms with Crippen LogP contribution in [0.1, 0.15) is 37.8 Å². The van der Waals surface area contributed by atoms with Gasteiger partial charge in [-0.25, -0.2) is 0 Å². The Labute approximate surface area is 96.5 Å². The molecule has 0 aliphatic rings. The molecule has 0 amide bonds. The van der Waals surface area contributed by atoms with E-state index < -0.39 is 0 Å². The summed E-state index contributed by atoms with van der Waals surface area (Å²) in [7, 11) is 0. The fourth-order valence-electron chi connectivity index (χ4n) is 2.01. The first-order valence-corrected chi connectivity index (χ1v) is 5.92. The van der Waals surface area contributed by atoms with Crippen LogP contribution in [-0.4, -0.2) is 4.98 Å². The van der Waals surface area contributed by atoms with Crippen LogP contribution in [0, 0.1) is 0 Å². The molecule has 2 N–H and O–H groups in total. The van der Waals surface area contributed by atoms with Crippen LogP contribution in [0.4, 0.5) is 0 Å². The van der Waals surface area contributed by atoms with Gasteiger partial charge in [0.15, 0.2) is 0 Å². The number of nitrogens with zero attached hydrogens (tertiary/aromatic N) is 1. The minimum atomic E-state index is 0.110. The summed E-state index contributed by atoms with van der Waals surface area (Å²) in [6.45, 7) is 2.19. The number of para-hydroxylation sites is 1. The molecule has 84 valence electrons. The zero-order valence-electron chi connectivity index (χ0n) is 9.69. The van der Waals surface area contributed by atoms with E-state index in [0.717, 1.165) is 11.9 Å². The van der Waals surface area contributed by atoms with E-state index in [1.807, 2.05) is 12.3 Å². The smallest absolute Gasteiger partial charge is 0.0749 e. The summed E-state index contributed by atoms with van der Waals surface area (Å²) < 4.78 is 0. The predicted molar refractivity (Wildman–Crippen MR) is 68.2 cm³/mol. The van der Waals surface area contributed by atoms with Gasteiger partial charge in [-0.1, -0.05) is 44.0 Å². The Morgan fingerprint density at radius 1 is 1.25 bits per heavy atom. The number of pyridine rings is 1. The lowest BCUT2D eigenvalue weighted by Crippen LogP contribution is -2.10. The minimum absolute atomic E-state index is 0.110. The normalized spacial score (nSPS) is 12.9. The van der Waals surface area contributed by atoms with Gasteiger partial charge in [-0.3, -0.25) is 4.98 Å². The number of hydrogen-bond donors (Lipinski definition) is 1. The van der Waals surface area contributed by atoms with Crippen molar-refractivity contribution in [2.24, 2.45) is 5.73 Å². The van der Waals surface area contributed by atoms with Crippen LogP contribution in [0.3, 0.4) is 0 Å². The summed E-state index contributed by atoms with van der Waals surface area (Å²) in [4.78, 5) is 4.43. The number of rotatable bonds is 4. The first-order valence-electron chi connectivity index (χ1n) is 5.92. The molecule has 16 heavy (non-hydrogen) atoms. The Balaban J connectivity index is 2.36. The van der Waals surface area contributed by atoms with Gasteiger partial charge in [0, 0.05) is 17.6 Å². The van der Waals surface area contributed by atoms with E-state index in [1.165, 1.54) is 23.8 Å². The van der Waals surface area contributed by atoms with Gasteiger partial charge in [0.2, 0.25) is 0 Å². The monoisotopic (exact) mass is 214 g/mol. The van der Waals surface area contributed by atoms with E-state index in [9.17, 15) is 0 Å². The van der Waals surface area contributed by atoms with Crippen LogP contribution in [-0.2, 0) is 0 Å². The number of benzene rings is 1. The third-order valence-electron chi connectivity index (χ3n) is 2.93. The van der Waals surface area contributed by atoms with E-state index in [0.29, 0.717) is 0 Å². The highest BCUT2D eigenvalue weighted by atomic mass is 14.7. The number of hydrogen-bond acceptors (Lipinski definition) is 2. The molecule has 1 aromatic carbocycles. The van der Waals surface area contributed by atoms with Gasteiger partial charge >= 0.3 is 0 Å². The van der Waals surface area contributed by atoms with Gasteiger partial charge in [0.05, 0.1) is 5.52 Å². The van der Waals surface area contributed by atoms with Crippen molar-refractivity contribution in [1.29, 1.82) is 0 Å². The maximum absolute atomic E-state index is 6.21. The van der Waals surface area contributed by atoms with Crippen molar-refractivity contribution in [3.63, 3.8) is 0 Å². The van der Waals surface area contributed by atoms with E-state index >= 15 is 0 Å². The topological polar surface area (TPSA) is 38.9 Å². The first kappa shape index (κ1) is 11.1. The molecule has 1 unspecified atom stereocenters. The highest BCUT2D eigenvalue weighted by Gasteiger charge is 2.09. The van der Waals surface area contributed by atoms with Crippen molar-refractivity contribution >= 4 is 10.9 Å². The molecule has 1 heterocycles. The SMILES string of the molecule is CCCCC(N)c1cccc2cccnc12. The fraction of sp³-hybridized carbons (Fsp3) is 0.357. The molecular formula is C14H18N2. The standard InChI is InChI=1S/C14H18N2/c1-2-3-9-13(15)12-8-4-6-11-7-5-10-16-14(11)12/h4-8,10,13H,2-3,9,15H2,1H3. The first-order chi connectivity index (χ1) is 7.83. The summed E-state index contributed by atoms with van der Waals surface area (Å²) in [5.74, 6) is 0. The van der Waals surface area contributed by atoms with Crippen molar-refractivity contribution in [2.75, 3.05) is 0 Å². The van der Waals surface area contributed by atoms with Crippen molar-refractivity contribution < 1.29 is 0 Å². The molecule has 1 atom stereocenters. The summed E-state index contributed by atoms with van der Waals surface area (Å²) in [6.07, 6.45) is 5.22. The molecule has 1 aromatic heterocycles. The fourth-order valence-corrected chi connectivity index (χ4v) is 2.01. The van der Waals surface area contributed by atoms with Gasteiger partial charge in [-0.15, -0.1) is 0 Å². The van der Waals surface area contributed by atoms with E-state index in [2.05, 4.69) is 36.2 Å². The van der Waals surface area contributed by atoms with Gasteiger partial charge in [0.1, 0.15) is 0 Å². The van der Waals surface area contributed by atoms with Crippen LogP contribution in [0.25, 0.3) is 10.9 Å². The largest absolute Gasteiger partial charge is 0.324 e. The average molecular weight is 214 g/mol. The molecule has 0 fully saturated rings. The second-order valence-corrected chi connectivity index (χ2v) is 4.17. The Kier molecular flexibility index (Phi) is 3.52. The van der Waals surface area contributed by atoms with E-state index in [-0.39, 0.29) is 6.04 Å². The van der Waals surface area contributed by atoms with Gasteiger partial charge in [-0.05, 0) is 18.1 Å². The predicted octanol–water partition coefficient (Wildman–Crippen LogP) is 3.42. The molecule has 0 bridgehead atoms. The second kappa shape index (κ2) is 5.08. The molecule has 0 aliphatic heterocycles. The molecule has 0 radical (unpaired) electrons. The van der Waals surface area contributed by atoms with Crippen molar-refractivity contribution in [3.8, 4) is 0 Å². The maximum Gasteiger partial charge on any atom is 0.0749 e. The summed E-state index contributed by atoms with van der Waals surface area (Å²) in [5, 5.41) is 1.17.